The van der Waals surface area contributed by atoms with Gasteiger partial charge < -0.3 is 4.74 Å². The number of carbonyl (C=O) groups excluding carboxylic acids is 1. The lowest BCUT2D eigenvalue weighted by Crippen LogP contribution is -2.04. The zero-order chi connectivity index (χ0) is 13.4. The fourth-order valence-electron chi connectivity index (χ4n) is 1.84. The Morgan fingerprint density at radius 1 is 1.22 bits per heavy atom. The molecule has 18 heavy (non-hydrogen) atoms. The fourth-order valence-corrected chi connectivity index (χ4v) is 1.84. The summed E-state index contributed by atoms with van der Waals surface area (Å²) >= 11 is 0. The van der Waals surface area contributed by atoms with Crippen molar-refractivity contribution in [2.75, 3.05) is 6.61 Å². The van der Waals surface area contributed by atoms with Gasteiger partial charge in [-0.2, -0.15) is 0 Å². The van der Waals surface area contributed by atoms with Crippen molar-refractivity contribution in [3.8, 4) is 0 Å². The van der Waals surface area contributed by atoms with E-state index in [4.69, 9.17) is 4.74 Å². The van der Waals surface area contributed by atoms with Crippen LogP contribution in [-0.2, 0) is 22.4 Å². The maximum absolute atomic E-state index is 11.2. The Hall–Kier alpha value is -1.57. The predicted octanol–water partition coefficient (Wildman–Crippen LogP) is 3.69. The van der Waals surface area contributed by atoms with Crippen molar-refractivity contribution >= 4 is 5.97 Å². The summed E-state index contributed by atoms with van der Waals surface area (Å²) in [4.78, 5) is 11.2. The molecule has 0 heterocycles. The van der Waals surface area contributed by atoms with E-state index in [0.29, 0.717) is 13.0 Å². The molecule has 0 unspecified atom stereocenters. The Labute approximate surface area is 110 Å². The first kappa shape index (κ1) is 14.5. The molecule has 0 atom stereocenters. The molecular formula is C16H22O2. The molecule has 0 aliphatic carbocycles. The lowest BCUT2D eigenvalue weighted by molar-refractivity contribution is -0.143. The van der Waals surface area contributed by atoms with Crippen molar-refractivity contribution in [1.82, 2.24) is 0 Å². The number of rotatable bonds is 7. The van der Waals surface area contributed by atoms with Gasteiger partial charge in [0.05, 0.1) is 6.61 Å². The van der Waals surface area contributed by atoms with Gasteiger partial charge in [0, 0.05) is 6.42 Å². The summed E-state index contributed by atoms with van der Waals surface area (Å²) in [7, 11) is 0. The molecule has 0 spiro atoms. The molecule has 0 N–H and O–H groups in total. The molecular weight excluding hydrogens is 224 g/mol. The van der Waals surface area contributed by atoms with Crippen molar-refractivity contribution in [3.05, 3.63) is 47.5 Å². The number of hydrogen-bond acceptors (Lipinski definition) is 2. The van der Waals surface area contributed by atoms with Crippen LogP contribution in [0.4, 0.5) is 0 Å². The Morgan fingerprint density at radius 2 is 1.83 bits per heavy atom. The summed E-state index contributed by atoms with van der Waals surface area (Å²) in [6.07, 6.45) is 3.20. The largest absolute Gasteiger partial charge is 0.466 e. The molecule has 0 aliphatic rings. The third-order valence-electron chi connectivity index (χ3n) is 2.68. The Bertz CT molecular complexity index is 390. The highest BCUT2D eigenvalue weighted by Crippen LogP contribution is 2.11. The van der Waals surface area contributed by atoms with E-state index in [2.05, 4.69) is 30.8 Å². The number of ether oxygens (including phenoxy) is 1. The van der Waals surface area contributed by atoms with Crippen LogP contribution in [0.2, 0.25) is 0 Å². The molecule has 98 valence electrons. The average Bonchev–Trinajstić information content (AvgIpc) is 2.31. The molecule has 2 nitrogen and oxygen atoms in total. The second-order valence-electron chi connectivity index (χ2n) is 4.61. The van der Waals surface area contributed by atoms with Crippen LogP contribution in [0, 0.1) is 0 Å². The van der Waals surface area contributed by atoms with E-state index < -0.39 is 0 Å². The molecule has 1 rings (SSSR count). The van der Waals surface area contributed by atoms with E-state index in [1.807, 2.05) is 13.8 Å². The van der Waals surface area contributed by atoms with Crippen molar-refractivity contribution in [3.63, 3.8) is 0 Å². The van der Waals surface area contributed by atoms with E-state index in [0.717, 1.165) is 19.3 Å². The number of hydrogen-bond donors (Lipinski definition) is 0. The minimum atomic E-state index is -0.101. The van der Waals surface area contributed by atoms with Gasteiger partial charge in [-0.15, -0.1) is 0 Å². The first-order valence-electron chi connectivity index (χ1n) is 6.49. The molecule has 0 fully saturated rings. The maximum atomic E-state index is 11.2. The number of carbonyl (C=O) groups is 1. The van der Waals surface area contributed by atoms with E-state index >= 15 is 0 Å². The quantitative estimate of drug-likeness (QED) is 0.542. The number of allylic oxidation sites excluding steroid dienone is 1. The first-order valence-corrected chi connectivity index (χ1v) is 6.49. The van der Waals surface area contributed by atoms with Gasteiger partial charge in [-0.05, 0) is 44.2 Å². The van der Waals surface area contributed by atoms with Crippen LogP contribution in [-0.4, -0.2) is 12.6 Å². The second kappa shape index (κ2) is 7.70. The zero-order valence-electron chi connectivity index (χ0n) is 11.4. The van der Waals surface area contributed by atoms with Crippen LogP contribution in [0.15, 0.2) is 36.4 Å². The standard InChI is InChI=1S/C16H22O2/c1-4-18-16(17)7-5-6-14-8-10-15(11-9-14)12-13(2)3/h8-11H,2,4-7,12H2,1,3H3. The smallest absolute Gasteiger partial charge is 0.305 e. The first-order chi connectivity index (χ1) is 8.61. The van der Waals surface area contributed by atoms with Crippen molar-refractivity contribution in [2.45, 2.75) is 39.5 Å². The highest BCUT2D eigenvalue weighted by Gasteiger charge is 2.02. The highest BCUT2D eigenvalue weighted by atomic mass is 16.5. The summed E-state index contributed by atoms with van der Waals surface area (Å²) in [6.45, 7) is 8.24. The molecule has 0 bridgehead atoms. The van der Waals surface area contributed by atoms with E-state index in [1.165, 1.54) is 16.7 Å². The third-order valence-corrected chi connectivity index (χ3v) is 2.68. The van der Waals surface area contributed by atoms with E-state index in [1.54, 1.807) is 0 Å². The van der Waals surface area contributed by atoms with Gasteiger partial charge in [0.15, 0.2) is 0 Å². The highest BCUT2D eigenvalue weighted by molar-refractivity contribution is 5.69. The second-order valence-corrected chi connectivity index (χ2v) is 4.61. The average molecular weight is 246 g/mol. The molecule has 0 aromatic heterocycles. The molecule has 0 aliphatic heterocycles. The van der Waals surface area contributed by atoms with Crippen LogP contribution in [0.3, 0.4) is 0 Å². The van der Waals surface area contributed by atoms with E-state index in [9.17, 15) is 4.79 Å². The van der Waals surface area contributed by atoms with E-state index in [-0.39, 0.29) is 5.97 Å². The number of esters is 1. The van der Waals surface area contributed by atoms with Crippen LogP contribution in [0.25, 0.3) is 0 Å². The molecule has 0 amide bonds. The van der Waals surface area contributed by atoms with Crippen LogP contribution >= 0.6 is 0 Å². The lowest BCUT2D eigenvalue weighted by Gasteiger charge is -2.04. The van der Waals surface area contributed by atoms with Gasteiger partial charge in [-0.25, -0.2) is 0 Å². The van der Waals surface area contributed by atoms with Gasteiger partial charge in [0.25, 0.3) is 0 Å². The Balaban J connectivity index is 2.35. The third kappa shape index (κ3) is 5.67. The summed E-state index contributed by atoms with van der Waals surface area (Å²) in [6, 6.07) is 8.52. The Morgan fingerprint density at radius 3 is 2.39 bits per heavy atom. The summed E-state index contributed by atoms with van der Waals surface area (Å²) in [5.41, 5.74) is 3.73. The van der Waals surface area contributed by atoms with Gasteiger partial charge in [-0.1, -0.05) is 36.4 Å². The zero-order valence-corrected chi connectivity index (χ0v) is 11.4. The maximum Gasteiger partial charge on any atom is 0.305 e. The van der Waals surface area contributed by atoms with Crippen LogP contribution in [0.5, 0.6) is 0 Å². The van der Waals surface area contributed by atoms with Gasteiger partial charge in [-0.3, -0.25) is 4.79 Å². The van der Waals surface area contributed by atoms with Gasteiger partial charge in [0.1, 0.15) is 0 Å². The summed E-state index contributed by atoms with van der Waals surface area (Å²) in [5.74, 6) is -0.101. The molecule has 1 aromatic rings. The van der Waals surface area contributed by atoms with Crippen LogP contribution < -0.4 is 0 Å². The molecule has 0 saturated heterocycles. The minimum Gasteiger partial charge on any atom is -0.466 e. The summed E-state index contributed by atoms with van der Waals surface area (Å²) in [5, 5.41) is 0. The van der Waals surface area contributed by atoms with Crippen molar-refractivity contribution in [2.24, 2.45) is 0 Å². The van der Waals surface area contributed by atoms with Crippen molar-refractivity contribution < 1.29 is 9.53 Å². The fraction of sp³-hybridized carbons (Fsp3) is 0.438. The molecule has 1 aromatic carbocycles. The minimum absolute atomic E-state index is 0.101. The topological polar surface area (TPSA) is 26.3 Å². The lowest BCUT2D eigenvalue weighted by atomic mass is 10.0. The SMILES string of the molecule is C=C(C)Cc1ccc(CCCC(=O)OCC)cc1. The van der Waals surface area contributed by atoms with Crippen molar-refractivity contribution in [1.29, 1.82) is 0 Å². The van der Waals surface area contributed by atoms with Gasteiger partial charge >= 0.3 is 5.97 Å². The number of aryl methyl sites for hydroxylation is 1. The van der Waals surface area contributed by atoms with Gasteiger partial charge in [0.2, 0.25) is 0 Å². The molecule has 0 saturated carbocycles. The predicted molar refractivity (Wildman–Crippen MR) is 74.5 cm³/mol. The summed E-state index contributed by atoms with van der Waals surface area (Å²) < 4.78 is 4.89. The number of benzene rings is 1. The van der Waals surface area contributed by atoms with Crippen LogP contribution in [0.1, 0.15) is 37.8 Å². The Kier molecular flexibility index (Phi) is 6.20. The monoisotopic (exact) mass is 246 g/mol. The normalized spacial score (nSPS) is 10.1. The molecule has 2 heteroatoms. The molecule has 0 radical (unpaired) electrons.